The highest BCUT2D eigenvalue weighted by Gasteiger charge is 1.98. The summed E-state index contributed by atoms with van der Waals surface area (Å²) in [5.41, 5.74) is 6.61. The van der Waals surface area contributed by atoms with E-state index in [-0.39, 0.29) is 12.4 Å². The zero-order valence-electron chi connectivity index (χ0n) is 9.02. The lowest BCUT2D eigenvalue weighted by molar-refractivity contribution is 0.875. The van der Waals surface area contributed by atoms with E-state index in [2.05, 4.69) is 22.4 Å². The Balaban J connectivity index is 0.00000128. The lowest BCUT2D eigenvalue weighted by Crippen LogP contribution is -2.08. The van der Waals surface area contributed by atoms with Gasteiger partial charge in [0.15, 0.2) is 0 Å². The number of hydrogen-bond donors (Lipinski definition) is 2. The number of hydrogen-bond acceptors (Lipinski definition) is 3. The molecule has 0 atom stereocenters. The highest BCUT2D eigenvalue weighted by molar-refractivity contribution is 5.93. The van der Waals surface area contributed by atoms with Gasteiger partial charge in [0.05, 0.1) is 0 Å². The topological polar surface area (TPSA) is 50.9 Å². The normalized spacial score (nSPS) is 9.81. The van der Waals surface area contributed by atoms with Gasteiger partial charge in [-0.25, -0.2) is 0 Å². The van der Waals surface area contributed by atoms with Gasteiger partial charge in [-0.3, -0.25) is 4.98 Å². The van der Waals surface area contributed by atoms with Gasteiger partial charge in [0.2, 0.25) is 0 Å². The Bertz CT molecular complexity index is 440. The Labute approximate surface area is 101 Å². The van der Waals surface area contributed by atoms with Crippen molar-refractivity contribution in [3.05, 3.63) is 36.7 Å². The van der Waals surface area contributed by atoms with Crippen LogP contribution in [0.3, 0.4) is 0 Å². The second-order valence-electron chi connectivity index (χ2n) is 3.47. The molecule has 0 bridgehead atoms. The average molecular weight is 238 g/mol. The van der Waals surface area contributed by atoms with Gasteiger partial charge in [-0.05, 0) is 25.1 Å². The van der Waals surface area contributed by atoms with Crippen LogP contribution in [0, 0.1) is 0 Å². The molecule has 0 unspecified atom stereocenters. The minimum absolute atomic E-state index is 0. The number of aromatic nitrogens is 1. The molecule has 1 heterocycles. The summed E-state index contributed by atoms with van der Waals surface area (Å²) in [5.74, 6) is 0. The van der Waals surface area contributed by atoms with Gasteiger partial charge < -0.3 is 11.1 Å². The molecule has 3 nitrogen and oxygen atoms in total. The number of rotatable bonds is 4. The van der Waals surface area contributed by atoms with E-state index in [1.807, 2.05) is 24.5 Å². The van der Waals surface area contributed by atoms with E-state index < -0.39 is 0 Å². The van der Waals surface area contributed by atoms with Crippen molar-refractivity contribution in [1.82, 2.24) is 4.98 Å². The Morgan fingerprint density at radius 2 is 2.12 bits per heavy atom. The molecule has 3 N–H and O–H groups in total. The van der Waals surface area contributed by atoms with Crippen molar-refractivity contribution in [2.45, 2.75) is 6.42 Å². The van der Waals surface area contributed by atoms with Crippen molar-refractivity contribution < 1.29 is 0 Å². The second-order valence-corrected chi connectivity index (χ2v) is 3.47. The van der Waals surface area contributed by atoms with Crippen molar-refractivity contribution in [2.75, 3.05) is 18.4 Å². The predicted molar refractivity (Wildman–Crippen MR) is 71.2 cm³/mol. The molecule has 86 valence electrons. The lowest BCUT2D eigenvalue weighted by atomic mass is 10.1. The van der Waals surface area contributed by atoms with Crippen LogP contribution in [0.4, 0.5) is 5.69 Å². The Morgan fingerprint density at radius 3 is 2.94 bits per heavy atom. The summed E-state index contributed by atoms with van der Waals surface area (Å²) in [4.78, 5) is 4.10. The molecule has 16 heavy (non-hydrogen) atoms. The summed E-state index contributed by atoms with van der Waals surface area (Å²) in [6, 6.07) is 8.21. The number of pyridine rings is 1. The summed E-state index contributed by atoms with van der Waals surface area (Å²) in [7, 11) is 0. The Morgan fingerprint density at radius 1 is 1.25 bits per heavy atom. The molecule has 1 aromatic heterocycles. The van der Waals surface area contributed by atoms with E-state index in [9.17, 15) is 0 Å². The summed E-state index contributed by atoms with van der Waals surface area (Å²) in [5, 5.41) is 5.76. The minimum Gasteiger partial charge on any atom is -0.384 e. The first kappa shape index (κ1) is 12.7. The average Bonchev–Trinajstić information content (AvgIpc) is 2.30. The van der Waals surface area contributed by atoms with Gasteiger partial charge in [-0.1, -0.05) is 12.1 Å². The molecule has 2 rings (SSSR count). The first-order valence-electron chi connectivity index (χ1n) is 5.18. The Kier molecular flexibility index (Phi) is 5.02. The van der Waals surface area contributed by atoms with Crippen LogP contribution in [0.1, 0.15) is 6.42 Å². The molecule has 0 aliphatic carbocycles. The third kappa shape index (κ3) is 2.84. The van der Waals surface area contributed by atoms with Crippen LogP contribution in [0.15, 0.2) is 36.7 Å². The first-order valence-corrected chi connectivity index (χ1v) is 5.18. The minimum atomic E-state index is 0. The summed E-state index contributed by atoms with van der Waals surface area (Å²) in [6.45, 7) is 1.64. The van der Waals surface area contributed by atoms with Crippen molar-refractivity contribution in [1.29, 1.82) is 0 Å². The van der Waals surface area contributed by atoms with E-state index in [0.717, 1.165) is 30.6 Å². The van der Waals surface area contributed by atoms with Crippen LogP contribution in [-0.2, 0) is 0 Å². The van der Waals surface area contributed by atoms with Gasteiger partial charge >= 0.3 is 0 Å². The fraction of sp³-hybridized carbons (Fsp3) is 0.250. The van der Waals surface area contributed by atoms with Gasteiger partial charge in [0.1, 0.15) is 0 Å². The van der Waals surface area contributed by atoms with E-state index >= 15 is 0 Å². The molecule has 4 heteroatoms. The maximum atomic E-state index is 5.46. The second kappa shape index (κ2) is 6.30. The smallest absolute Gasteiger partial charge is 0.0420 e. The molecule has 0 amide bonds. The molecule has 0 radical (unpaired) electrons. The third-order valence-electron chi connectivity index (χ3n) is 2.38. The van der Waals surface area contributed by atoms with Crippen LogP contribution in [-0.4, -0.2) is 18.1 Å². The number of fused-ring (bicyclic) bond motifs is 1. The molecule has 1 aromatic carbocycles. The van der Waals surface area contributed by atoms with E-state index in [0.29, 0.717) is 0 Å². The largest absolute Gasteiger partial charge is 0.384 e. The summed E-state index contributed by atoms with van der Waals surface area (Å²) < 4.78 is 0. The molecule has 0 saturated heterocycles. The van der Waals surface area contributed by atoms with Crippen molar-refractivity contribution >= 4 is 28.9 Å². The molecular formula is C12H16ClN3. The van der Waals surface area contributed by atoms with E-state index in [1.54, 1.807) is 0 Å². The van der Waals surface area contributed by atoms with E-state index in [1.165, 1.54) is 5.39 Å². The molecule has 2 aromatic rings. The molecule has 0 saturated carbocycles. The monoisotopic (exact) mass is 237 g/mol. The number of halogens is 1. The first-order chi connectivity index (χ1) is 7.42. The number of benzene rings is 1. The zero-order chi connectivity index (χ0) is 10.5. The highest BCUT2D eigenvalue weighted by atomic mass is 35.5. The summed E-state index contributed by atoms with van der Waals surface area (Å²) >= 11 is 0. The van der Waals surface area contributed by atoms with Crippen molar-refractivity contribution in [3.8, 4) is 0 Å². The van der Waals surface area contributed by atoms with Gasteiger partial charge in [0, 0.05) is 35.4 Å². The standard InChI is InChI=1S/C12H15N3.ClH/c13-6-2-7-15-12-4-1-3-10-9-14-8-5-11(10)12;/h1,3-5,8-9,15H,2,6-7,13H2;1H. The fourth-order valence-corrected chi connectivity index (χ4v) is 1.60. The number of anilines is 1. The molecule has 0 aliphatic heterocycles. The van der Waals surface area contributed by atoms with Crippen LogP contribution in [0.2, 0.25) is 0 Å². The third-order valence-corrected chi connectivity index (χ3v) is 2.38. The van der Waals surface area contributed by atoms with Gasteiger partial charge in [0.25, 0.3) is 0 Å². The lowest BCUT2D eigenvalue weighted by Gasteiger charge is -2.08. The SMILES string of the molecule is Cl.NCCCNc1cccc2cnccc12. The van der Waals surface area contributed by atoms with Crippen LogP contribution in [0.25, 0.3) is 10.8 Å². The molecular weight excluding hydrogens is 222 g/mol. The van der Waals surface area contributed by atoms with Crippen molar-refractivity contribution in [3.63, 3.8) is 0 Å². The maximum Gasteiger partial charge on any atom is 0.0420 e. The van der Waals surface area contributed by atoms with Gasteiger partial charge in [-0.15, -0.1) is 12.4 Å². The number of nitrogens with zero attached hydrogens (tertiary/aromatic N) is 1. The molecule has 0 spiro atoms. The van der Waals surface area contributed by atoms with Crippen LogP contribution in [0.5, 0.6) is 0 Å². The fourth-order valence-electron chi connectivity index (χ4n) is 1.60. The van der Waals surface area contributed by atoms with E-state index in [4.69, 9.17) is 5.73 Å². The van der Waals surface area contributed by atoms with Crippen LogP contribution >= 0.6 is 12.4 Å². The number of nitrogens with one attached hydrogen (secondary N) is 1. The quantitative estimate of drug-likeness (QED) is 0.803. The van der Waals surface area contributed by atoms with Crippen LogP contribution < -0.4 is 11.1 Å². The molecule has 0 aliphatic rings. The zero-order valence-corrected chi connectivity index (χ0v) is 9.83. The summed E-state index contributed by atoms with van der Waals surface area (Å²) in [6.07, 6.45) is 4.68. The predicted octanol–water partition coefficient (Wildman–Crippen LogP) is 2.42. The number of nitrogens with two attached hydrogens (primary N) is 1. The van der Waals surface area contributed by atoms with Gasteiger partial charge in [-0.2, -0.15) is 0 Å². The highest BCUT2D eigenvalue weighted by Crippen LogP contribution is 2.21. The maximum absolute atomic E-state index is 5.46. The molecule has 0 fully saturated rings. The Hall–Kier alpha value is -1.32. The van der Waals surface area contributed by atoms with Crippen molar-refractivity contribution in [2.24, 2.45) is 5.73 Å².